The van der Waals surface area contributed by atoms with Gasteiger partial charge in [0, 0.05) is 32.4 Å². The molecule has 1 fully saturated rings. The van der Waals surface area contributed by atoms with E-state index in [2.05, 4.69) is 4.98 Å². The molecule has 0 unspecified atom stereocenters. The number of nitrogens with zero attached hydrogens (tertiary/aromatic N) is 3. The van der Waals surface area contributed by atoms with Crippen LogP contribution in [0.5, 0.6) is 0 Å². The largest absolute Gasteiger partial charge is 0.419 e. The van der Waals surface area contributed by atoms with Gasteiger partial charge in [-0.15, -0.1) is 0 Å². The quantitative estimate of drug-likeness (QED) is 0.762. The third-order valence-corrected chi connectivity index (χ3v) is 6.70. The van der Waals surface area contributed by atoms with Gasteiger partial charge in [0.2, 0.25) is 10.0 Å². The number of rotatable bonds is 3. The zero-order valence-electron chi connectivity index (χ0n) is 14.2. The molecule has 0 saturated carbocycles. The number of sulfonamides is 1. The third kappa shape index (κ3) is 4.20. The number of hydrogen-bond donors (Lipinski definition) is 0. The van der Waals surface area contributed by atoms with Crippen LogP contribution in [0.25, 0.3) is 0 Å². The topological polar surface area (TPSA) is 53.5 Å². The number of pyridine rings is 1. The Hall–Kier alpha value is -1.84. The molecular weight excluding hydrogens is 403 g/mol. The lowest BCUT2D eigenvalue weighted by molar-refractivity contribution is -0.137. The SMILES string of the molecule is O=S(=O)(c1ccccc1Cl)N1CCCN(c2ncccc2C(F)(F)F)CC1. The second-order valence-electron chi connectivity index (χ2n) is 6.05. The lowest BCUT2D eigenvalue weighted by Gasteiger charge is -2.25. The van der Waals surface area contributed by atoms with Crippen LogP contribution in [-0.4, -0.2) is 43.9 Å². The summed E-state index contributed by atoms with van der Waals surface area (Å²) in [5.74, 6) is -0.179. The fraction of sp³-hybridized carbons (Fsp3) is 0.353. The molecule has 0 N–H and O–H groups in total. The molecule has 0 amide bonds. The van der Waals surface area contributed by atoms with Crippen LogP contribution in [-0.2, 0) is 16.2 Å². The van der Waals surface area contributed by atoms with Crippen LogP contribution < -0.4 is 4.90 Å². The molecule has 1 aromatic carbocycles. The smallest absolute Gasteiger partial charge is 0.355 e. The number of hydrogen-bond acceptors (Lipinski definition) is 4. The van der Waals surface area contributed by atoms with Gasteiger partial charge >= 0.3 is 6.18 Å². The van der Waals surface area contributed by atoms with E-state index in [1.165, 1.54) is 33.6 Å². The van der Waals surface area contributed by atoms with E-state index in [4.69, 9.17) is 11.6 Å². The van der Waals surface area contributed by atoms with Crippen molar-refractivity contribution >= 4 is 27.4 Å². The summed E-state index contributed by atoms with van der Waals surface area (Å²) in [4.78, 5) is 5.36. The summed E-state index contributed by atoms with van der Waals surface area (Å²) in [6, 6.07) is 8.32. The molecule has 1 saturated heterocycles. The summed E-state index contributed by atoms with van der Waals surface area (Å²) >= 11 is 6.01. The Labute approximate surface area is 160 Å². The third-order valence-electron chi connectivity index (χ3n) is 4.30. The highest BCUT2D eigenvalue weighted by Gasteiger charge is 2.36. The predicted octanol–water partition coefficient (Wildman–Crippen LogP) is 3.65. The van der Waals surface area contributed by atoms with E-state index < -0.39 is 21.8 Å². The van der Waals surface area contributed by atoms with Gasteiger partial charge in [-0.3, -0.25) is 0 Å². The zero-order chi connectivity index (χ0) is 19.7. The summed E-state index contributed by atoms with van der Waals surface area (Å²) in [5.41, 5.74) is -0.826. The van der Waals surface area contributed by atoms with Gasteiger partial charge in [0.15, 0.2) is 0 Å². The van der Waals surface area contributed by atoms with Crippen LogP contribution in [0.3, 0.4) is 0 Å². The number of halogens is 4. The Morgan fingerprint density at radius 1 is 1.00 bits per heavy atom. The van der Waals surface area contributed by atoms with Crippen molar-refractivity contribution in [1.82, 2.24) is 9.29 Å². The van der Waals surface area contributed by atoms with Gasteiger partial charge in [0.1, 0.15) is 10.7 Å². The Morgan fingerprint density at radius 2 is 1.74 bits per heavy atom. The average Bonchev–Trinajstić information content (AvgIpc) is 2.88. The fourth-order valence-electron chi connectivity index (χ4n) is 3.01. The van der Waals surface area contributed by atoms with Crippen LogP contribution in [0.1, 0.15) is 12.0 Å². The molecule has 1 aliphatic heterocycles. The minimum atomic E-state index is -4.53. The molecule has 1 aliphatic rings. The molecule has 2 aromatic rings. The standard InChI is InChI=1S/C17H17ClF3N3O2S/c18-14-6-1-2-7-15(14)27(25,26)24-10-4-9-23(11-12-24)16-13(17(19,20)21)5-3-8-22-16/h1-3,5-8H,4,9-12H2. The number of anilines is 1. The first-order chi connectivity index (χ1) is 12.7. The summed E-state index contributed by atoms with van der Waals surface area (Å²) in [5, 5.41) is 0.114. The molecule has 1 aromatic heterocycles. The second-order valence-corrected chi connectivity index (χ2v) is 8.36. The lowest BCUT2D eigenvalue weighted by atomic mass is 10.2. The zero-order valence-corrected chi connectivity index (χ0v) is 15.7. The van der Waals surface area contributed by atoms with E-state index in [9.17, 15) is 21.6 Å². The number of alkyl halides is 3. The van der Waals surface area contributed by atoms with Crippen molar-refractivity contribution in [3.8, 4) is 0 Å². The van der Waals surface area contributed by atoms with Gasteiger partial charge in [0.25, 0.3) is 0 Å². The van der Waals surface area contributed by atoms with E-state index in [0.717, 1.165) is 6.07 Å². The Morgan fingerprint density at radius 3 is 2.44 bits per heavy atom. The van der Waals surface area contributed by atoms with Gasteiger partial charge in [-0.25, -0.2) is 13.4 Å². The van der Waals surface area contributed by atoms with E-state index in [1.807, 2.05) is 0 Å². The van der Waals surface area contributed by atoms with Gasteiger partial charge in [-0.2, -0.15) is 17.5 Å². The molecule has 146 valence electrons. The first kappa shape index (κ1) is 19.9. The first-order valence-corrected chi connectivity index (χ1v) is 10.0. The molecule has 0 atom stereocenters. The molecular formula is C17H17ClF3N3O2S. The maximum Gasteiger partial charge on any atom is 0.419 e. The van der Waals surface area contributed by atoms with Crippen LogP contribution in [0.4, 0.5) is 19.0 Å². The van der Waals surface area contributed by atoms with Gasteiger partial charge in [-0.1, -0.05) is 23.7 Å². The second kappa shape index (κ2) is 7.65. The van der Waals surface area contributed by atoms with Gasteiger partial charge in [0.05, 0.1) is 10.6 Å². The summed E-state index contributed by atoms with van der Waals surface area (Å²) in [7, 11) is -3.83. The molecule has 10 heteroatoms. The van der Waals surface area contributed by atoms with Crippen LogP contribution in [0, 0.1) is 0 Å². The molecule has 0 radical (unpaired) electrons. The number of aromatic nitrogens is 1. The average molecular weight is 420 g/mol. The van der Waals surface area contributed by atoms with Gasteiger partial charge in [-0.05, 0) is 30.7 Å². The predicted molar refractivity (Wildman–Crippen MR) is 96.3 cm³/mol. The van der Waals surface area contributed by atoms with Crippen molar-refractivity contribution < 1.29 is 21.6 Å². The van der Waals surface area contributed by atoms with Crippen molar-refractivity contribution in [1.29, 1.82) is 0 Å². The molecule has 27 heavy (non-hydrogen) atoms. The van der Waals surface area contributed by atoms with Crippen molar-refractivity contribution in [2.75, 3.05) is 31.1 Å². The number of benzene rings is 1. The Bertz CT molecular complexity index is 922. The summed E-state index contributed by atoms with van der Waals surface area (Å²) in [6.07, 6.45) is -2.86. The van der Waals surface area contributed by atoms with Crippen LogP contribution >= 0.6 is 11.6 Å². The van der Waals surface area contributed by atoms with Crippen molar-refractivity contribution in [3.63, 3.8) is 0 Å². The summed E-state index contributed by atoms with van der Waals surface area (Å²) in [6.45, 7) is 0.609. The Kier molecular flexibility index (Phi) is 5.64. The highest BCUT2D eigenvalue weighted by molar-refractivity contribution is 7.89. The first-order valence-electron chi connectivity index (χ1n) is 8.23. The van der Waals surface area contributed by atoms with Crippen molar-refractivity contribution in [2.24, 2.45) is 0 Å². The maximum absolute atomic E-state index is 13.2. The monoisotopic (exact) mass is 419 g/mol. The molecule has 0 aliphatic carbocycles. The molecule has 5 nitrogen and oxygen atoms in total. The van der Waals surface area contributed by atoms with Crippen LogP contribution in [0.2, 0.25) is 5.02 Å². The Balaban J connectivity index is 1.84. The summed E-state index contributed by atoms with van der Waals surface area (Å²) < 4.78 is 66.7. The maximum atomic E-state index is 13.2. The highest BCUT2D eigenvalue weighted by atomic mass is 35.5. The molecule has 3 rings (SSSR count). The fourth-order valence-corrected chi connectivity index (χ4v) is 4.97. The van der Waals surface area contributed by atoms with E-state index in [-0.39, 0.29) is 41.9 Å². The van der Waals surface area contributed by atoms with Crippen molar-refractivity contribution in [3.05, 3.63) is 53.2 Å². The van der Waals surface area contributed by atoms with E-state index in [0.29, 0.717) is 6.42 Å². The lowest BCUT2D eigenvalue weighted by Crippen LogP contribution is -2.36. The normalized spacial score (nSPS) is 17.0. The minimum absolute atomic E-state index is 0.00562. The van der Waals surface area contributed by atoms with Crippen molar-refractivity contribution in [2.45, 2.75) is 17.5 Å². The van der Waals surface area contributed by atoms with E-state index in [1.54, 1.807) is 12.1 Å². The van der Waals surface area contributed by atoms with Gasteiger partial charge < -0.3 is 4.90 Å². The molecule has 0 spiro atoms. The minimum Gasteiger partial charge on any atom is -0.355 e. The van der Waals surface area contributed by atoms with E-state index >= 15 is 0 Å². The van der Waals surface area contributed by atoms with Crippen LogP contribution in [0.15, 0.2) is 47.5 Å². The molecule has 2 heterocycles. The highest BCUT2D eigenvalue weighted by Crippen LogP contribution is 2.35. The molecule has 0 bridgehead atoms.